The third-order valence-electron chi connectivity index (χ3n) is 5.13. The first kappa shape index (κ1) is 23.5. The molecule has 1 aliphatic rings. The molecule has 6 nitrogen and oxygen atoms in total. The molecule has 168 valence electrons. The summed E-state index contributed by atoms with van der Waals surface area (Å²) in [6.07, 6.45) is 8.64. The van der Waals surface area contributed by atoms with Gasteiger partial charge < -0.3 is 4.74 Å². The molecule has 1 N–H and O–H groups in total. The van der Waals surface area contributed by atoms with E-state index in [1.165, 1.54) is 37.8 Å². The molecule has 4 amide bonds. The van der Waals surface area contributed by atoms with Crippen LogP contribution in [0.2, 0.25) is 5.02 Å². The molecule has 1 heterocycles. The summed E-state index contributed by atoms with van der Waals surface area (Å²) < 4.78 is 5.77. The number of benzene rings is 2. The summed E-state index contributed by atoms with van der Waals surface area (Å²) in [7, 11) is 0. The molecule has 0 atom stereocenters. The van der Waals surface area contributed by atoms with Gasteiger partial charge in [0, 0.05) is 5.02 Å². The van der Waals surface area contributed by atoms with E-state index >= 15 is 0 Å². The van der Waals surface area contributed by atoms with E-state index in [0.29, 0.717) is 17.2 Å². The smallest absolute Gasteiger partial charge is 0.335 e. The van der Waals surface area contributed by atoms with Crippen LogP contribution in [0.5, 0.6) is 5.75 Å². The highest BCUT2D eigenvalue weighted by Crippen LogP contribution is 2.25. The summed E-state index contributed by atoms with van der Waals surface area (Å²) in [5.74, 6) is -0.707. The van der Waals surface area contributed by atoms with Crippen LogP contribution in [0, 0.1) is 0 Å². The Labute approximate surface area is 193 Å². The monoisotopic (exact) mass is 454 g/mol. The average Bonchev–Trinajstić information content (AvgIpc) is 2.77. The summed E-state index contributed by atoms with van der Waals surface area (Å²) in [6.45, 7) is 2.86. The van der Waals surface area contributed by atoms with Crippen molar-refractivity contribution in [1.82, 2.24) is 5.32 Å². The zero-order chi connectivity index (χ0) is 22.9. The van der Waals surface area contributed by atoms with Crippen LogP contribution >= 0.6 is 11.6 Å². The predicted molar refractivity (Wildman–Crippen MR) is 126 cm³/mol. The second kappa shape index (κ2) is 11.5. The Kier molecular flexibility index (Phi) is 8.45. The maximum absolute atomic E-state index is 12.9. The van der Waals surface area contributed by atoms with Crippen LogP contribution in [0.25, 0.3) is 6.08 Å². The van der Waals surface area contributed by atoms with Crippen molar-refractivity contribution in [2.24, 2.45) is 0 Å². The van der Waals surface area contributed by atoms with Crippen molar-refractivity contribution in [2.75, 3.05) is 11.5 Å². The molecule has 0 bridgehead atoms. The summed E-state index contributed by atoms with van der Waals surface area (Å²) in [5.41, 5.74) is 0.804. The highest BCUT2D eigenvalue weighted by Gasteiger charge is 2.36. The number of rotatable bonds is 10. The molecule has 1 saturated heterocycles. The second-order valence-electron chi connectivity index (χ2n) is 7.62. The van der Waals surface area contributed by atoms with E-state index in [0.717, 1.165) is 23.5 Å². The third-order valence-corrected chi connectivity index (χ3v) is 5.36. The van der Waals surface area contributed by atoms with E-state index in [1.807, 2.05) is 0 Å². The van der Waals surface area contributed by atoms with E-state index in [2.05, 4.69) is 12.2 Å². The van der Waals surface area contributed by atoms with E-state index in [-0.39, 0.29) is 11.3 Å². The summed E-state index contributed by atoms with van der Waals surface area (Å²) in [5, 5.41) is 2.58. The molecule has 0 radical (unpaired) electrons. The first-order chi connectivity index (χ1) is 15.5. The molecule has 7 heteroatoms. The van der Waals surface area contributed by atoms with Gasteiger partial charge in [-0.1, -0.05) is 68.8 Å². The van der Waals surface area contributed by atoms with Crippen molar-refractivity contribution in [3.05, 3.63) is 64.7 Å². The Balaban J connectivity index is 1.64. The van der Waals surface area contributed by atoms with Crippen molar-refractivity contribution in [2.45, 2.75) is 45.4 Å². The van der Waals surface area contributed by atoms with Crippen molar-refractivity contribution >= 4 is 41.2 Å². The van der Waals surface area contributed by atoms with Gasteiger partial charge >= 0.3 is 6.03 Å². The zero-order valence-electron chi connectivity index (χ0n) is 18.1. The van der Waals surface area contributed by atoms with Gasteiger partial charge in [0.15, 0.2) is 0 Å². The summed E-state index contributed by atoms with van der Waals surface area (Å²) >= 11 is 5.98. The average molecular weight is 455 g/mol. The lowest BCUT2D eigenvalue weighted by molar-refractivity contribution is -0.122. The molecule has 0 saturated carbocycles. The largest absolute Gasteiger partial charge is 0.494 e. The lowest BCUT2D eigenvalue weighted by Gasteiger charge is -2.26. The molecule has 3 rings (SSSR count). The highest BCUT2D eigenvalue weighted by molar-refractivity contribution is 6.39. The molecule has 0 spiro atoms. The molecular weight excluding hydrogens is 428 g/mol. The number of carbonyl (C=O) groups is 3. The molecule has 2 aromatic rings. The van der Waals surface area contributed by atoms with Crippen molar-refractivity contribution in [1.29, 1.82) is 0 Å². The highest BCUT2D eigenvalue weighted by atomic mass is 35.5. The number of ether oxygens (including phenoxy) is 1. The standard InChI is InChI=1S/C25H27ClN2O4/c1-2-3-4-5-6-7-15-32-21-13-11-18(12-14-21)16-22-23(29)27-25(31)28(24(22)30)20-10-8-9-19(26)17-20/h8-14,16-17H,2-7,15H2,1H3,(H,27,29,31)/b22-16+. The number of hydrogen-bond donors (Lipinski definition) is 1. The normalized spacial score (nSPS) is 15.2. The van der Waals surface area contributed by atoms with Gasteiger partial charge in [0.25, 0.3) is 11.8 Å². The Morgan fingerprint density at radius 2 is 1.69 bits per heavy atom. The van der Waals surface area contributed by atoms with Gasteiger partial charge in [0.1, 0.15) is 11.3 Å². The minimum atomic E-state index is -0.808. The molecule has 32 heavy (non-hydrogen) atoms. The number of halogens is 1. The topological polar surface area (TPSA) is 75.7 Å². The van der Waals surface area contributed by atoms with E-state index in [9.17, 15) is 14.4 Å². The number of unbranched alkanes of at least 4 members (excludes halogenated alkanes) is 5. The van der Waals surface area contributed by atoms with Crippen molar-refractivity contribution in [3.63, 3.8) is 0 Å². The number of amides is 4. The number of carbonyl (C=O) groups excluding carboxylic acids is 3. The second-order valence-corrected chi connectivity index (χ2v) is 8.06. The van der Waals surface area contributed by atoms with Crippen LogP contribution in [-0.2, 0) is 9.59 Å². The number of barbiturate groups is 1. The van der Waals surface area contributed by atoms with E-state index in [4.69, 9.17) is 16.3 Å². The fourth-order valence-electron chi connectivity index (χ4n) is 3.41. The maximum Gasteiger partial charge on any atom is 0.335 e. The Morgan fingerprint density at radius 1 is 0.969 bits per heavy atom. The fourth-order valence-corrected chi connectivity index (χ4v) is 3.59. The molecule has 0 aromatic heterocycles. The Hall–Kier alpha value is -3.12. The first-order valence-corrected chi connectivity index (χ1v) is 11.3. The number of imide groups is 2. The van der Waals surface area contributed by atoms with Gasteiger partial charge in [-0.15, -0.1) is 0 Å². The first-order valence-electron chi connectivity index (χ1n) is 10.9. The van der Waals surface area contributed by atoms with Crippen molar-refractivity contribution in [3.8, 4) is 5.75 Å². The van der Waals surface area contributed by atoms with Gasteiger partial charge in [-0.05, 0) is 48.4 Å². The molecular formula is C25H27ClN2O4. The van der Waals surface area contributed by atoms with Crippen LogP contribution in [0.4, 0.5) is 10.5 Å². The van der Waals surface area contributed by atoms with E-state index in [1.54, 1.807) is 42.5 Å². The molecule has 1 fully saturated rings. The minimum absolute atomic E-state index is 0.134. The van der Waals surface area contributed by atoms with Crippen LogP contribution in [0.15, 0.2) is 54.1 Å². The lowest BCUT2D eigenvalue weighted by atomic mass is 10.1. The number of urea groups is 1. The third kappa shape index (κ3) is 6.20. The number of nitrogens with one attached hydrogen (secondary N) is 1. The number of nitrogens with zero attached hydrogens (tertiary/aromatic N) is 1. The minimum Gasteiger partial charge on any atom is -0.494 e. The molecule has 2 aromatic carbocycles. The zero-order valence-corrected chi connectivity index (χ0v) is 18.9. The Bertz CT molecular complexity index is 1000. The lowest BCUT2D eigenvalue weighted by Crippen LogP contribution is -2.54. The quantitative estimate of drug-likeness (QED) is 0.282. The predicted octanol–water partition coefficient (Wildman–Crippen LogP) is 5.75. The molecule has 0 aliphatic carbocycles. The fraction of sp³-hybridized carbons (Fsp3) is 0.320. The Morgan fingerprint density at radius 3 is 2.41 bits per heavy atom. The maximum atomic E-state index is 12.9. The van der Waals surface area contributed by atoms with Gasteiger partial charge in [-0.2, -0.15) is 0 Å². The van der Waals surface area contributed by atoms with Crippen LogP contribution in [0.3, 0.4) is 0 Å². The van der Waals surface area contributed by atoms with Gasteiger partial charge in [-0.25, -0.2) is 9.69 Å². The van der Waals surface area contributed by atoms with Crippen LogP contribution < -0.4 is 15.0 Å². The van der Waals surface area contributed by atoms with E-state index < -0.39 is 17.8 Å². The molecule has 1 aliphatic heterocycles. The SMILES string of the molecule is CCCCCCCCOc1ccc(/C=C2\C(=O)NC(=O)N(c3cccc(Cl)c3)C2=O)cc1. The van der Waals surface area contributed by atoms with Crippen molar-refractivity contribution < 1.29 is 19.1 Å². The van der Waals surface area contributed by atoms with Gasteiger partial charge in [-0.3, -0.25) is 14.9 Å². The van der Waals surface area contributed by atoms with Gasteiger partial charge in [0.05, 0.1) is 12.3 Å². The summed E-state index contributed by atoms with van der Waals surface area (Å²) in [6, 6.07) is 12.7. The number of anilines is 1. The van der Waals surface area contributed by atoms with Crippen LogP contribution in [0.1, 0.15) is 51.0 Å². The number of hydrogen-bond acceptors (Lipinski definition) is 4. The summed E-state index contributed by atoms with van der Waals surface area (Å²) in [4.78, 5) is 38.4. The van der Waals surface area contributed by atoms with Crippen LogP contribution in [-0.4, -0.2) is 24.5 Å². The molecule has 0 unspecified atom stereocenters. The van der Waals surface area contributed by atoms with Gasteiger partial charge in [0.2, 0.25) is 0 Å².